The number of carbonyl (C=O) groups excluding carboxylic acids is 2. The van der Waals surface area contributed by atoms with Gasteiger partial charge in [-0.15, -0.1) is 11.3 Å². The Kier molecular flexibility index (Phi) is 6.32. The summed E-state index contributed by atoms with van der Waals surface area (Å²) in [7, 11) is 0. The van der Waals surface area contributed by atoms with Crippen LogP contribution in [0, 0.1) is 6.92 Å². The van der Waals surface area contributed by atoms with E-state index in [2.05, 4.69) is 20.8 Å². The number of nitrogens with zero attached hydrogens (tertiary/aromatic N) is 2. The highest BCUT2D eigenvalue weighted by molar-refractivity contribution is 7.99. The Morgan fingerprint density at radius 1 is 1.07 bits per heavy atom. The zero-order valence-corrected chi connectivity index (χ0v) is 16.1. The van der Waals surface area contributed by atoms with Gasteiger partial charge in [-0.05, 0) is 30.8 Å². The summed E-state index contributed by atoms with van der Waals surface area (Å²) in [6.07, 6.45) is 1.31. The molecule has 0 spiro atoms. The predicted octanol–water partition coefficient (Wildman–Crippen LogP) is 3.90. The number of alkyl halides is 2. The molecule has 2 N–H and O–H groups in total. The molecular weight excluding hydrogens is 406 g/mol. The van der Waals surface area contributed by atoms with Gasteiger partial charge in [0.15, 0.2) is 0 Å². The first-order chi connectivity index (χ1) is 13.5. The maximum atomic E-state index is 12.6. The highest BCUT2D eigenvalue weighted by Gasteiger charge is 2.19. The third-order valence-electron chi connectivity index (χ3n) is 3.53. The van der Waals surface area contributed by atoms with Crippen LogP contribution in [-0.4, -0.2) is 27.5 Å². The predicted molar refractivity (Wildman–Crippen MR) is 103 cm³/mol. The van der Waals surface area contributed by atoms with Crippen molar-refractivity contribution in [1.82, 2.24) is 20.8 Å². The lowest BCUT2D eigenvalue weighted by molar-refractivity contribution is 0.0846. The molecule has 2 aromatic heterocycles. The molecule has 2 heterocycles. The zero-order chi connectivity index (χ0) is 20.1. The smallest absolute Gasteiger partial charge is 0.267 e. The number of aromatic nitrogens is 2. The summed E-state index contributed by atoms with van der Waals surface area (Å²) in [4.78, 5) is 33.2. The van der Waals surface area contributed by atoms with Gasteiger partial charge in [-0.3, -0.25) is 20.4 Å². The molecule has 10 heteroatoms. The van der Waals surface area contributed by atoms with Crippen LogP contribution in [0.3, 0.4) is 0 Å². The molecule has 0 aliphatic rings. The summed E-state index contributed by atoms with van der Waals surface area (Å²) < 4.78 is 25.2. The number of pyridine rings is 1. The largest absolute Gasteiger partial charge is 0.290 e. The first kappa shape index (κ1) is 19.9. The van der Waals surface area contributed by atoms with Crippen LogP contribution in [0.2, 0.25) is 0 Å². The van der Waals surface area contributed by atoms with E-state index in [4.69, 9.17) is 0 Å². The van der Waals surface area contributed by atoms with Crippen molar-refractivity contribution < 1.29 is 18.4 Å². The number of nitrogens with one attached hydrogen (secondary N) is 2. The number of hydrogen-bond donors (Lipinski definition) is 2. The molecule has 1 aromatic carbocycles. The fourth-order valence-electron chi connectivity index (χ4n) is 2.29. The van der Waals surface area contributed by atoms with Crippen LogP contribution in [0.1, 0.15) is 25.7 Å². The molecule has 0 aliphatic carbocycles. The van der Waals surface area contributed by atoms with E-state index in [0.29, 0.717) is 15.6 Å². The Hall–Kier alpha value is -2.85. The van der Waals surface area contributed by atoms with E-state index in [0.717, 1.165) is 5.56 Å². The SMILES string of the molecule is Cc1nc(-c2ccccc2)sc1C(=O)NNC(=O)c1cccnc1SC(F)F. The molecule has 144 valence electrons. The molecule has 6 nitrogen and oxygen atoms in total. The molecular formula is C18H14F2N4O2S2. The summed E-state index contributed by atoms with van der Waals surface area (Å²) in [6.45, 7) is 1.69. The topological polar surface area (TPSA) is 84.0 Å². The molecule has 2 amide bonds. The minimum atomic E-state index is -2.72. The molecule has 0 saturated heterocycles. The van der Waals surface area contributed by atoms with Crippen molar-refractivity contribution >= 4 is 34.9 Å². The fourth-order valence-corrected chi connectivity index (χ4v) is 3.84. The van der Waals surface area contributed by atoms with E-state index in [1.807, 2.05) is 30.3 Å². The van der Waals surface area contributed by atoms with Gasteiger partial charge in [0.2, 0.25) is 0 Å². The maximum absolute atomic E-state index is 12.6. The summed E-state index contributed by atoms with van der Waals surface area (Å²) in [6, 6.07) is 12.2. The highest BCUT2D eigenvalue weighted by Crippen LogP contribution is 2.28. The Morgan fingerprint density at radius 3 is 2.50 bits per heavy atom. The number of amides is 2. The van der Waals surface area contributed by atoms with Crippen molar-refractivity contribution in [2.45, 2.75) is 17.7 Å². The van der Waals surface area contributed by atoms with Gasteiger partial charge in [0.1, 0.15) is 14.9 Å². The second-order valence-corrected chi connectivity index (χ2v) is 7.42. The van der Waals surface area contributed by atoms with E-state index in [1.165, 1.54) is 29.7 Å². The Labute approximate surface area is 167 Å². The Morgan fingerprint density at radius 2 is 1.79 bits per heavy atom. The van der Waals surface area contributed by atoms with Crippen molar-refractivity contribution in [2.24, 2.45) is 0 Å². The van der Waals surface area contributed by atoms with Gasteiger partial charge in [-0.25, -0.2) is 9.97 Å². The second kappa shape index (κ2) is 8.89. The second-order valence-electron chi connectivity index (χ2n) is 5.44. The van der Waals surface area contributed by atoms with Crippen LogP contribution >= 0.6 is 23.1 Å². The quantitative estimate of drug-likeness (QED) is 0.483. The first-order valence-electron chi connectivity index (χ1n) is 7.99. The van der Waals surface area contributed by atoms with E-state index >= 15 is 0 Å². The number of aryl methyl sites for hydroxylation is 1. The Balaban J connectivity index is 1.70. The van der Waals surface area contributed by atoms with Gasteiger partial charge in [0.25, 0.3) is 17.6 Å². The van der Waals surface area contributed by atoms with E-state index in [1.54, 1.807) is 6.92 Å². The van der Waals surface area contributed by atoms with Gasteiger partial charge in [-0.1, -0.05) is 30.3 Å². The number of thioether (sulfide) groups is 1. The zero-order valence-electron chi connectivity index (χ0n) is 14.5. The Bertz CT molecular complexity index is 996. The van der Waals surface area contributed by atoms with Crippen LogP contribution in [0.15, 0.2) is 53.7 Å². The number of carbonyl (C=O) groups is 2. The summed E-state index contributed by atoms with van der Waals surface area (Å²) >= 11 is 1.35. The first-order valence-corrected chi connectivity index (χ1v) is 9.68. The van der Waals surface area contributed by atoms with Crippen molar-refractivity contribution in [3.63, 3.8) is 0 Å². The number of hydrazine groups is 1. The van der Waals surface area contributed by atoms with E-state index in [-0.39, 0.29) is 22.4 Å². The summed E-state index contributed by atoms with van der Waals surface area (Å²) in [5.74, 6) is -4.00. The molecule has 0 radical (unpaired) electrons. The van der Waals surface area contributed by atoms with Crippen molar-refractivity contribution in [3.05, 3.63) is 64.8 Å². The molecule has 0 unspecified atom stereocenters. The number of hydrogen-bond acceptors (Lipinski definition) is 6. The van der Waals surface area contributed by atoms with Crippen LogP contribution in [0.4, 0.5) is 8.78 Å². The lowest BCUT2D eigenvalue weighted by Crippen LogP contribution is -2.41. The minimum absolute atomic E-state index is 0.0564. The van der Waals surface area contributed by atoms with Crippen LogP contribution in [-0.2, 0) is 0 Å². The third kappa shape index (κ3) is 4.70. The standard InChI is InChI=1S/C18H14F2N4O2S2/c1-10-13(27-16(22-10)11-6-3-2-4-7-11)15(26)24-23-14(25)12-8-5-9-21-17(12)28-18(19)20/h2-9,18H,1H3,(H,23,25)(H,24,26). The molecule has 0 saturated carbocycles. The van der Waals surface area contributed by atoms with Crippen molar-refractivity contribution in [2.75, 3.05) is 0 Å². The number of rotatable bonds is 5. The summed E-state index contributed by atoms with van der Waals surface area (Å²) in [5.41, 5.74) is 5.86. The van der Waals surface area contributed by atoms with Crippen LogP contribution in [0.5, 0.6) is 0 Å². The van der Waals surface area contributed by atoms with Gasteiger partial charge < -0.3 is 0 Å². The number of halogens is 2. The van der Waals surface area contributed by atoms with Gasteiger partial charge >= 0.3 is 0 Å². The van der Waals surface area contributed by atoms with Gasteiger partial charge in [0.05, 0.1) is 11.3 Å². The molecule has 0 atom stereocenters. The van der Waals surface area contributed by atoms with Crippen LogP contribution in [0.25, 0.3) is 10.6 Å². The van der Waals surface area contributed by atoms with Crippen LogP contribution < -0.4 is 10.9 Å². The molecule has 0 bridgehead atoms. The molecule has 3 rings (SSSR count). The van der Waals surface area contributed by atoms with E-state index in [9.17, 15) is 18.4 Å². The van der Waals surface area contributed by atoms with Gasteiger partial charge in [0, 0.05) is 11.8 Å². The molecule has 3 aromatic rings. The average molecular weight is 420 g/mol. The lowest BCUT2D eigenvalue weighted by Gasteiger charge is -2.09. The molecule has 0 aliphatic heterocycles. The number of benzene rings is 1. The van der Waals surface area contributed by atoms with Crippen molar-refractivity contribution in [1.29, 1.82) is 0 Å². The monoisotopic (exact) mass is 420 g/mol. The molecule has 0 fully saturated rings. The minimum Gasteiger partial charge on any atom is -0.267 e. The van der Waals surface area contributed by atoms with Crippen molar-refractivity contribution in [3.8, 4) is 10.6 Å². The highest BCUT2D eigenvalue weighted by atomic mass is 32.2. The average Bonchev–Trinajstić information content (AvgIpc) is 3.08. The number of thiazole rings is 1. The molecule has 28 heavy (non-hydrogen) atoms. The third-order valence-corrected chi connectivity index (χ3v) is 5.46. The maximum Gasteiger partial charge on any atom is 0.290 e. The normalized spacial score (nSPS) is 10.7. The summed E-state index contributed by atoms with van der Waals surface area (Å²) in [5, 5.41) is 0.557. The van der Waals surface area contributed by atoms with E-state index < -0.39 is 17.6 Å². The fraction of sp³-hybridized carbons (Fsp3) is 0.111. The van der Waals surface area contributed by atoms with Gasteiger partial charge in [-0.2, -0.15) is 8.78 Å². The lowest BCUT2D eigenvalue weighted by atomic mass is 10.2.